The first-order valence-electron chi connectivity index (χ1n) is 8.63. The van der Waals surface area contributed by atoms with Gasteiger partial charge in [-0.3, -0.25) is 10.2 Å². The number of nitrogens with zero attached hydrogens (tertiary/aromatic N) is 3. The summed E-state index contributed by atoms with van der Waals surface area (Å²) in [5.41, 5.74) is 4.77. The Morgan fingerprint density at radius 3 is 2.70 bits per heavy atom. The molecule has 0 atom stereocenters. The standard InChI is InChI=1S/C20H17N7/c1-12-8-20(27-25-12)24-18-10-19(23-16-5-3-2-4-15(16)18)22-14-7-6-13-11-21-26-17(13)9-14/h2-11H,1H3,(H,21,26)(H3,22,23,24,25,27). The highest BCUT2D eigenvalue weighted by Gasteiger charge is 2.08. The van der Waals surface area contributed by atoms with E-state index >= 15 is 0 Å². The fraction of sp³-hybridized carbons (Fsp3) is 0.0500. The van der Waals surface area contributed by atoms with Crippen LogP contribution in [0.25, 0.3) is 21.8 Å². The second-order valence-electron chi connectivity index (χ2n) is 6.43. The van der Waals surface area contributed by atoms with E-state index in [2.05, 4.69) is 31.0 Å². The molecule has 7 nitrogen and oxygen atoms in total. The summed E-state index contributed by atoms with van der Waals surface area (Å²) in [6, 6.07) is 18.0. The summed E-state index contributed by atoms with van der Waals surface area (Å²) in [6.07, 6.45) is 1.81. The molecule has 2 aromatic carbocycles. The molecule has 0 aliphatic rings. The number of hydrogen-bond acceptors (Lipinski definition) is 5. The molecule has 0 bridgehead atoms. The summed E-state index contributed by atoms with van der Waals surface area (Å²) in [4.78, 5) is 4.74. The third-order valence-corrected chi connectivity index (χ3v) is 4.40. The van der Waals surface area contributed by atoms with Crippen LogP contribution in [-0.4, -0.2) is 25.4 Å². The maximum atomic E-state index is 4.74. The Bertz CT molecular complexity index is 1250. The first kappa shape index (κ1) is 15.4. The van der Waals surface area contributed by atoms with E-state index in [0.717, 1.165) is 50.5 Å². The van der Waals surface area contributed by atoms with E-state index in [1.807, 2.05) is 61.5 Å². The van der Waals surface area contributed by atoms with Crippen molar-refractivity contribution in [1.29, 1.82) is 0 Å². The van der Waals surface area contributed by atoms with Crippen LogP contribution in [0.2, 0.25) is 0 Å². The maximum Gasteiger partial charge on any atom is 0.152 e. The third kappa shape index (κ3) is 2.95. The van der Waals surface area contributed by atoms with Gasteiger partial charge in [-0.2, -0.15) is 10.2 Å². The van der Waals surface area contributed by atoms with Gasteiger partial charge in [-0.1, -0.05) is 18.2 Å². The summed E-state index contributed by atoms with van der Waals surface area (Å²) >= 11 is 0. The van der Waals surface area contributed by atoms with Gasteiger partial charge in [0, 0.05) is 34.3 Å². The van der Waals surface area contributed by atoms with Crippen LogP contribution in [0.3, 0.4) is 0 Å². The number of anilines is 4. The van der Waals surface area contributed by atoms with Gasteiger partial charge >= 0.3 is 0 Å². The van der Waals surface area contributed by atoms with E-state index < -0.39 is 0 Å². The first-order valence-corrected chi connectivity index (χ1v) is 8.63. The molecule has 0 saturated carbocycles. The van der Waals surface area contributed by atoms with Gasteiger partial charge in [-0.15, -0.1) is 0 Å². The quantitative estimate of drug-likeness (QED) is 0.377. The smallest absolute Gasteiger partial charge is 0.152 e. The summed E-state index contributed by atoms with van der Waals surface area (Å²) in [5, 5.41) is 23.1. The number of rotatable bonds is 4. The van der Waals surface area contributed by atoms with E-state index in [9.17, 15) is 0 Å². The van der Waals surface area contributed by atoms with Gasteiger partial charge < -0.3 is 10.6 Å². The average Bonchev–Trinajstić information content (AvgIpc) is 3.30. The summed E-state index contributed by atoms with van der Waals surface area (Å²) in [5.74, 6) is 1.52. The van der Waals surface area contributed by atoms with Crippen molar-refractivity contribution in [2.45, 2.75) is 6.92 Å². The average molecular weight is 355 g/mol. The molecule has 132 valence electrons. The molecule has 0 aliphatic carbocycles. The van der Waals surface area contributed by atoms with Crippen molar-refractivity contribution in [2.24, 2.45) is 0 Å². The Hall–Kier alpha value is -3.87. The number of para-hydroxylation sites is 1. The Balaban J connectivity index is 1.55. The molecule has 0 radical (unpaired) electrons. The van der Waals surface area contributed by atoms with Crippen molar-refractivity contribution in [3.8, 4) is 0 Å². The third-order valence-electron chi connectivity index (χ3n) is 4.40. The number of aromatic nitrogens is 5. The highest BCUT2D eigenvalue weighted by molar-refractivity contribution is 5.95. The van der Waals surface area contributed by atoms with Crippen LogP contribution in [0.15, 0.2) is 60.8 Å². The van der Waals surface area contributed by atoms with E-state index in [1.54, 1.807) is 6.20 Å². The molecule has 7 heteroatoms. The number of benzene rings is 2. The largest absolute Gasteiger partial charge is 0.340 e. The second-order valence-corrected chi connectivity index (χ2v) is 6.43. The highest BCUT2D eigenvalue weighted by Crippen LogP contribution is 2.29. The molecule has 5 rings (SSSR count). The van der Waals surface area contributed by atoms with Gasteiger partial charge in [-0.05, 0) is 31.2 Å². The van der Waals surface area contributed by atoms with Crippen molar-refractivity contribution in [2.75, 3.05) is 10.6 Å². The van der Waals surface area contributed by atoms with Crippen LogP contribution in [0.4, 0.5) is 23.0 Å². The molecule has 0 aliphatic heterocycles. The summed E-state index contributed by atoms with van der Waals surface area (Å²) < 4.78 is 0. The van der Waals surface area contributed by atoms with Gasteiger partial charge in [0.05, 0.1) is 22.9 Å². The number of hydrogen-bond donors (Lipinski definition) is 4. The number of pyridine rings is 1. The zero-order chi connectivity index (χ0) is 18.2. The highest BCUT2D eigenvalue weighted by atomic mass is 15.2. The molecule has 0 unspecified atom stereocenters. The molecule has 0 spiro atoms. The molecule has 4 N–H and O–H groups in total. The minimum atomic E-state index is 0.752. The Morgan fingerprint density at radius 2 is 1.81 bits per heavy atom. The number of fused-ring (bicyclic) bond motifs is 2. The van der Waals surface area contributed by atoms with Gasteiger partial charge in [0.1, 0.15) is 5.82 Å². The van der Waals surface area contributed by atoms with Crippen molar-refractivity contribution < 1.29 is 0 Å². The first-order chi connectivity index (χ1) is 13.2. The molecule has 3 aromatic heterocycles. The van der Waals surface area contributed by atoms with Gasteiger partial charge in [0.25, 0.3) is 0 Å². The van der Waals surface area contributed by atoms with Crippen LogP contribution in [-0.2, 0) is 0 Å². The lowest BCUT2D eigenvalue weighted by Gasteiger charge is -2.12. The zero-order valence-corrected chi connectivity index (χ0v) is 14.6. The van der Waals surface area contributed by atoms with Gasteiger partial charge in [-0.25, -0.2) is 4.98 Å². The van der Waals surface area contributed by atoms with Crippen LogP contribution < -0.4 is 10.6 Å². The van der Waals surface area contributed by atoms with Crippen LogP contribution in [0.1, 0.15) is 5.69 Å². The van der Waals surface area contributed by atoms with E-state index in [-0.39, 0.29) is 0 Å². The minimum absolute atomic E-state index is 0.752. The number of nitrogens with one attached hydrogen (secondary N) is 4. The fourth-order valence-electron chi connectivity index (χ4n) is 3.13. The lowest BCUT2D eigenvalue weighted by molar-refractivity contribution is 1.05. The van der Waals surface area contributed by atoms with Crippen molar-refractivity contribution in [3.05, 3.63) is 66.5 Å². The lowest BCUT2D eigenvalue weighted by Crippen LogP contribution is -1.98. The Morgan fingerprint density at radius 1 is 0.889 bits per heavy atom. The Labute approximate surface area is 154 Å². The molecular formula is C20H17N7. The summed E-state index contributed by atoms with van der Waals surface area (Å²) in [7, 11) is 0. The van der Waals surface area contributed by atoms with E-state index in [4.69, 9.17) is 4.98 Å². The number of aryl methyl sites for hydroxylation is 1. The van der Waals surface area contributed by atoms with Crippen molar-refractivity contribution in [3.63, 3.8) is 0 Å². The monoisotopic (exact) mass is 355 g/mol. The normalized spacial score (nSPS) is 11.1. The molecule has 3 heterocycles. The predicted molar refractivity (Wildman–Crippen MR) is 108 cm³/mol. The lowest BCUT2D eigenvalue weighted by atomic mass is 10.1. The van der Waals surface area contributed by atoms with E-state index in [0.29, 0.717) is 0 Å². The molecule has 27 heavy (non-hydrogen) atoms. The van der Waals surface area contributed by atoms with Crippen molar-refractivity contribution in [1.82, 2.24) is 25.4 Å². The van der Waals surface area contributed by atoms with Crippen LogP contribution in [0.5, 0.6) is 0 Å². The maximum absolute atomic E-state index is 4.74. The molecular weight excluding hydrogens is 338 g/mol. The van der Waals surface area contributed by atoms with Crippen LogP contribution >= 0.6 is 0 Å². The molecule has 0 saturated heterocycles. The Kier molecular flexibility index (Phi) is 3.50. The van der Waals surface area contributed by atoms with E-state index in [1.165, 1.54) is 0 Å². The van der Waals surface area contributed by atoms with Gasteiger partial charge in [0.15, 0.2) is 5.82 Å². The molecule has 5 aromatic rings. The number of H-pyrrole nitrogens is 2. The minimum Gasteiger partial charge on any atom is -0.340 e. The predicted octanol–water partition coefficient (Wildman–Crippen LogP) is 4.63. The van der Waals surface area contributed by atoms with Crippen molar-refractivity contribution >= 4 is 44.8 Å². The fourth-order valence-corrected chi connectivity index (χ4v) is 3.13. The molecule has 0 fully saturated rings. The SMILES string of the molecule is Cc1cc(Nc2cc(Nc3ccc4cn[nH]c4c3)nc3ccccc23)n[nH]1. The summed E-state index contributed by atoms with van der Waals surface area (Å²) in [6.45, 7) is 1.97. The topological polar surface area (TPSA) is 94.3 Å². The van der Waals surface area contributed by atoms with Gasteiger partial charge in [0.2, 0.25) is 0 Å². The zero-order valence-electron chi connectivity index (χ0n) is 14.6. The number of aromatic amines is 2. The molecule has 0 amide bonds. The van der Waals surface area contributed by atoms with Crippen LogP contribution in [0, 0.1) is 6.92 Å². The second kappa shape index (κ2) is 6.14.